The molecule has 1 aromatic carbocycles. The van der Waals surface area contributed by atoms with E-state index < -0.39 is 9.84 Å². The Morgan fingerprint density at radius 1 is 1.24 bits per heavy atom. The van der Waals surface area contributed by atoms with Crippen LogP contribution in [0.4, 0.5) is 0 Å². The van der Waals surface area contributed by atoms with Crippen molar-refractivity contribution in [3.8, 4) is 0 Å². The van der Waals surface area contributed by atoms with Crippen LogP contribution in [0.1, 0.15) is 25.3 Å². The van der Waals surface area contributed by atoms with E-state index >= 15 is 0 Å². The van der Waals surface area contributed by atoms with Crippen molar-refractivity contribution < 1.29 is 8.42 Å². The number of hydrogen-bond acceptors (Lipinski definition) is 3. The highest BCUT2D eigenvalue weighted by Gasteiger charge is 2.07. The molecule has 2 rings (SSSR count). The first-order chi connectivity index (χ1) is 10.0. The van der Waals surface area contributed by atoms with Crippen molar-refractivity contribution in [3.63, 3.8) is 0 Å². The van der Waals surface area contributed by atoms with Crippen molar-refractivity contribution in [3.05, 3.63) is 36.0 Å². The van der Waals surface area contributed by atoms with Crippen molar-refractivity contribution in [2.45, 2.75) is 32.9 Å². The summed E-state index contributed by atoms with van der Waals surface area (Å²) >= 11 is 0. The van der Waals surface area contributed by atoms with E-state index in [-0.39, 0.29) is 5.75 Å². The summed E-state index contributed by atoms with van der Waals surface area (Å²) in [6.45, 7) is 4.79. The monoisotopic (exact) mass is 308 g/mol. The Morgan fingerprint density at radius 3 is 2.76 bits per heavy atom. The molecule has 116 valence electrons. The molecule has 1 aromatic heterocycles. The lowest BCUT2D eigenvalue weighted by atomic mass is 10.1. The summed E-state index contributed by atoms with van der Waals surface area (Å²) in [6, 6.07) is 8.43. The van der Waals surface area contributed by atoms with Gasteiger partial charge >= 0.3 is 0 Å². The Kier molecular flexibility index (Phi) is 5.42. The van der Waals surface area contributed by atoms with Crippen LogP contribution in [0, 0.1) is 0 Å². The van der Waals surface area contributed by atoms with E-state index in [1.54, 1.807) is 0 Å². The zero-order valence-corrected chi connectivity index (χ0v) is 13.6. The number of aryl methyl sites for hydroxylation is 1. The summed E-state index contributed by atoms with van der Waals surface area (Å²) in [5.74, 6) is 0.240. The maximum atomic E-state index is 11.2. The lowest BCUT2D eigenvalue weighted by Crippen LogP contribution is -2.13. The van der Waals surface area contributed by atoms with Crippen LogP contribution < -0.4 is 5.32 Å². The highest BCUT2D eigenvalue weighted by Crippen LogP contribution is 2.20. The first-order valence-corrected chi connectivity index (χ1v) is 9.52. The molecule has 0 radical (unpaired) electrons. The average Bonchev–Trinajstić information content (AvgIpc) is 2.82. The molecule has 5 heteroatoms. The third-order valence-electron chi connectivity index (χ3n) is 3.56. The normalized spacial score (nSPS) is 12.1. The molecule has 0 fully saturated rings. The molecule has 0 saturated heterocycles. The van der Waals surface area contributed by atoms with Crippen LogP contribution in [0.2, 0.25) is 0 Å². The Bertz CT molecular complexity index is 689. The highest BCUT2D eigenvalue weighted by molar-refractivity contribution is 7.90. The minimum absolute atomic E-state index is 0.240. The van der Waals surface area contributed by atoms with Crippen LogP contribution in [-0.2, 0) is 22.9 Å². The molecule has 4 nitrogen and oxygen atoms in total. The SMILES string of the molecule is CCCNCc1cccc2c1ccn2CCCS(C)(=O)=O. The predicted octanol–water partition coefficient (Wildman–Crippen LogP) is 2.58. The lowest BCUT2D eigenvalue weighted by molar-refractivity contribution is 0.593. The summed E-state index contributed by atoms with van der Waals surface area (Å²) in [5, 5.41) is 4.68. The van der Waals surface area contributed by atoms with Crippen molar-refractivity contribution in [2.75, 3.05) is 18.6 Å². The molecule has 0 spiro atoms. The van der Waals surface area contributed by atoms with Crippen molar-refractivity contribution in [2.24, 2.45) is 0 Å². The second-order valence-corrected chi connectivity index (χ2v) is 7.78. The summed E-state index contributed by atoms with van der Waals surface area (Å²) in [6.07, 6.45) is 5.12. The van der Waals surface area contributed by atoms with Crippen LogP contribution in [0.25, 0.3) is 10.9 Å². The molecule has 0 bridgehead atoms. The highest BCUT2D eigenvalue weighted by atomic mass is 32.2. The molecular formula is C16H24N2O2S. The average molecular weight is 308 g/mol. The zero-order chi connectivity index (χ0) is 15.3. The summed E-state index contributed by atoms with van der Waals surface area (Å²) in [5.41, 5.74) is 2.47. The van der Waals surface area contributed by atoms with Gasteiger partial charge in [-0.05, 0) is 37.1 Å². The molecule has 0 amide bonds. The number of rotatable bonds is 8. The first-order valence-electron chi connectivity index (χ1n) is 7.46. The van der Waals surface area contributed by atoms with Crippen LogP contribution in [0.5, 0.6) is 0 Å². The second-order valence-electron chi connectivity index (χ2n) is 5.52. The zero-order valence-electron chi connectivity index (χ0n) is 12.8. The second kappa shape index (κ2) is 7.09. The van der Waals surface area contributed by atoms with E-state index in [1.807, 2.05) is 0 Å². The van der Waals surface area contributed by atoms with Crippen LogP contribution in [-0.4, -0.2) is 31.5 Å². The number of sulfone groups is 1. The van der Waals surface area contributed by atoms with Gasteiger partial charge in [-0.2, -0.15) is 0 Å². The van der Waals surface area contributed by atoms with Gasteiger partial charge in [-0.3, -0.25) is 0 Å². The quantitative estimate of drug-likeness (QED) is 0.763. The Hall–Kier alpha value is -1.33. The predicted molar refractivity (Wildman–Crippen MR) is 88.3 cm³/mol. The lowest BCUT2D eigenvalue weighted by Gasteiger charge is -2.08. The van der Waals surface area contributed by atoms with Crippen LogP contribution in [0.15, 0.2) is 30.5 Å². The molecule has 2 aromatic rings. The van der Waals surface area contributed by atoms with Crippen molar-refractivity contribution in [1.29, 1.82) is 0 Å². The fourth-order valence-corrected chi connectivity index (χ4v) is 3.19. The van der Waals surface area contributed by atoms with Gasteiger partial charge < -0.3 is 9.88 Å². The van der Waals surface area contributed by atoms with Gasteiger partial charge in [0.1, 0.15) is 9.84 Å². The molecule has 0 saturated carbocycles. The maximum absolute atomic E-state index is 11.2. The molecule has 0 unspecified atom stereocenters. The summed E-state index contributed by atoms with van der Waals surface area (Å²) < 4.78 is 24.6. The van der Waals surface area contributed by atoms with Gasteiger partial charge in [-0.1, -0.05) is 19.1 Å². The van der Waals surface area contributed by atoms with E-state index in [9.17, 15) is 8.42 Å². The van der Waals surface area contributed by atoms with Crippen LogP contribution >= 0.6 is 0 Å². The molecule has 0 aliphatic heterocycles. The first kappa shape index (κ1) is 16.0. The van der Waals surface area contributed by atoms with Crippen molar-refractivity contribution >= 4 is 20.7 Å². The van der Waals surface area contributed by atoms with Gasteiger partial charge in [0, 0.05) is 36.4 Å². The molecule has 0 aliphatic rings. The Labute approximate surface area is 127 Å². The Balaban J connectivity index is 2.10. The van der Waals surface area contributed by atoms with E-state index in [0.717, 1.165) is 26.1 Å². The fourth-order valence-electron chi connectivity index (χ4n) is 2.53. The number of fused-ring (bicyclic) bond motifs is 1. The van der Waals surface area contributed by atoms with E-state index in [0.29, 0.717) is 6.42 Å². The molecule has 1 heterocycles. The molecule has 0 aliphatic carbocycles. The molecule has 1 N–H and O–H groups in total. The van der Waals surface area contributed by atoms with Gasteiger partial charge in [-0.15, -0.1) is 0 Å². The fraction of sp³-hybridized carbons (Fsp3) is 0.500. The third kappa shape index (κ3) is 4.58. The number of nitrogens with zero attached hydrogens (tertiary/aromatic N) is 1. The minimum Gasteiger partial charge on any atom is -0.347 e. The topological polar surface area (TPSA) is 51.1 Å². The standard InChI is InChI=1S/C16H24N2O2S/c1-3-9-17-13-14-6-4-7-16-15(14)8-11-18(16)10-5-12-21(2,19)20/h4,6-8,11,17H,3,5,9-10,12-13H2,1-2H3. The summed E-state index contributed by atoms with van der Waals surface area (Å²) in [7, 11) is -2.88. The minimum atomic E-state index is -2.88. The van der Waals surface area contributed by atoms with E-state index in [4.69, 9.17) is 0 Å². The van der Waals surface area contributed by atoms with Gasteiger partial charge in [0.15, 0.2) is 0 Å². The Morgan fingerprint density at radius 2 is 2.05 bits per heavy atom. The number of nitrogens with one attached hydrogen (secondary N) is 1. The van der Waals surface area contributed by atoms with Gasteiger partial charge in [0.2, 0.25) is 0 Å². The largest absolute Gasteiger partial charge is 0.347 e. The summed E-state index contributed by atoms with van der Waals surface area (Å²) in [4.78, 5) is 0. The van der Waals surface area contributed by atoms with E-state index in [2.05, 4.69) is 47.3 Å². The van der Waals surface area contributed by atoms with Gasteiger partial charge in [0.25, 0.3) is 0 Å². The van der Waals surface area contributed by atoms with Gasteiger partial charge in [-0.25, -0.2) is 8.42 Å². The van der Waals surface area contributed by atoms with Crippen molar-refractivity contribution in [1.82, 2.24) is 9.88 Å². The third-order valence-corrected chi connectivity index (χ3v) is 4.59. The maximum Gasteiger partial charge on any atom is 0.147 e. The van der Waals surface area contributed by atoms with Crippen LogP contribution in [0.3, 0.4) is 0 Å². The number of hydrogen-bond donors (Lipinski definition) is 1. The molecule has 21 heavy (non-hydrogen) atoms. The molecule has 0 atom stereocenters. The van der Waals surface area contributed by atoms with E-state index in [1.165, 1.54) is 22.7 Å². The molecular weight excluding hydrogens is 284 g/mol. The van der Waals surface area contributed by atoms with Gasteiger partial charge in [0.05, 0.1) is 5.75 Å². The smallest absolute Gasteiger partial charge is 0.147 e. The number of benzene rings is 1. The number of aromatic nitrogens is 1.